The summed E-state index contributed by atoms with van der Waals surface area (Å²) in [6.07, 6.45) is 0. The van der Waals surface area contributed by atoms with Crippen LogP contribution in [0.3, 0.4) is 0 Å². The number of carbonyl (C=O) groups is 2. The summed E-state index contributed by atoms with van der Waals surface area (Å²) in [6, 6.07) is 14.5. The van der Waals surface area contributed by atoms with Gasteiger partial charge in [-0.15, -0.1) is 0 Å². The molecule has 3 rings (SSSR count). The molecule has 2 atom stereocenters. The van der Waals surface area contributed by atoms with E-state index in [1.807, 2.05) is 30.3 Å². The molecule has 0 aromatic heterocycles. The van der Waals surface area contributed by atoms with Gasteiger partial charge in [-0.1, -0.05) is 36.4 Å². The van der Waals surface area contributed by atoms with Crippen LogP contribution in [-0.4, -0.2) is 49.2 Å². The number of amides is 1. The number of nitrogens with zero attached hydrogens (tertiary/aromatic N) is 1. The molecule has 0 spiro atoms. The molecule has 2 aromatic carbocycles. The molecule has 1 heterocycles. The molecule has 0 aliphatic carbocycles. The van der Waals surface area contributed by atoms with Gasteiger partial charge in [-0.25, -0.2) is 0 Å². The van der Waals surface area contributed by atoms with Crippen molar-refractivity contribution in [3.63, 3.8) is 0 Å². The number of carbonyl (C=O) groups excluding carboxylic acids is 1. The van der Waals surface area contributed by atoms with Crippen molar-refractivity contribution in [1.29, 1.82) is 0 Å². The molecule has 1 amide bonds. The van der Waals surface area contributed by atoms with Crippen LogP contribution in [0.25, 0.3) is 0 Å². The molecule has 26 heavy (non-hydrogen) atoms. The Morgan fingerprint density at radius 3 is 2.35 bits per heavy atom. The van der Waals surface area contributed by atoms with Crippen LogP contribution in [0.2, 0.25) is 0 Å². The van der Waals surface area contributed by atoms with Gasteiger partial charge in [0.2, 0.25) is 0 Å². The van der Waals surface area contributed by atoms with Crippen LogP contribution in [0, 0.1) is 5.92 Å². The summed E-state index contributed by atoms with van der Waals surface area (Å²) in [6.45, 7) is 0.508. The summed E-state index contributed by atoms with van der Waals surface area (Å²) in [5, 5.41) is 9.62. The maximum atomic E-state index is 13.0. The number of hydrogen-bond donors (Lipinski definition) is 1. The highest BCUT2D eigenvalue weighted by atomic mass is 16.5. The number of carboxylic acids is 1. The first-order valence-corrected chi connectivity index (χ1v) is 8.34. The van der Waals surface area contributed by atoms with Gasteiger partial charge in [0.15, 0.2) is 11.5 Å². The number of rotatable bonds is 5. The summed E-state index contributed by atoms with van der Waals surface area (Å²) < 4.78 is 10.6. The fraction of sp³-hybridized carbons (Fsp3) is 0.300. The predicted molar refractivity (Wildman–Crippen MR) is 95.8 cm³/mol. The van der Waals surface area contributed by atoms with E-state index in [9.17, 15) is 14.7 Å². The van der Waals surface area contributed by atoms with E-state index in [1.165, 1.54) is 14.2 Å². The fourth-order valence-electron chi connectivity index (χ4n) is 3.48. The number of carboxylic acid groups (broad SMARTS) is 1. The third kappa shape index (κ3) is 3.22. The minimum Gasteiger partial charge on any atom is -0.493 e. The Balaban J connectivity index is 1.91. The van der Waals surface area contributed by atoms with Gasteiger partial charge >= 0.3 is 5.97 Å². The number of likely N-dealkylation sites (tertiary alicyclic amines) is 1. The third-order valence-corrected chi connectivity index (χ3v) is 4.79. The number of ether oxygens (including phenoxy) is 2. The maximum absolute atomic E-state index is 13.0. The Bertz CT molecular complexity index is 805. The summed E-state index contributed by atoms with van der Waals surface area (Å²) in [5.74, 6) is -1.22. The lowest BCUT2D eigenvalue weighted by molar-refractivity contribution is -0.141. The second-order valence-electron chi connectivity index (χ2n) is 6.21. The first-order chi connectivity index (χ1) is 12.6. The first kappa shape index (κ1) is 17.8. The Kier molecular flexibility index (Phi) is 5.11. The second kappa shape index (κ2) is 7.47. The lowest BCUT2D eigenvalue weighted by Gasteiger charge is -2.19. The number of hydrogen-bond acceptors (Lipinski definition) is 4. The predicted octanol–water partition coefficient (Wildman–Crippen LogP) is 2.64. The zero-order valence-corrected chi connectivity index (χ0v) is 14.7. The average Bonchev–Trinajstić information content (AvgIpc) is 3.13. The van der Waals surface area contributed by atoms with Crippen LogP contribution < -0.4 is 9.47 Å². The van der Waals surface area contributed by atoms with Crippen molar-refractivity contribution in [2.24, 2.45) is 5.92 Å². The van der Waals surface area contributed by atoms with Gasteiger partial charge in [0.1, 0.15) is 0 Å². The van der Waals surface area contributed by atoms with Gasteiger partial charge in [-0.2, -0.15) is 0 Å². The third-order valence-electron chi connectivity index (χ3n) is 4.79. The van der Waals surface area contributed by atoms with Crippen LogP contribution in [0.15, 0.2) is 48.5 Å². The maximum Gasteiger partial charge on any atom is 0.308 e. The van der Waals surface area contributed by atoms with Crippen molar-refractivity contribution in [2.45, 2.75) is 5.92 Å². The van der Waals surface area contributed by atoms with Crippen LogP contribution in [-0.2, 0) is 4.79 Å². The van der Waals surface area contributed by atoms with E-state index in [0.717, 1.165) is 5.56 Å². The van der Waals surface area contributed by atoms with Gasteiger partial charge in [0, 0.05) is 19.0 Å². The van der Waals surface area contributed by atoms with E-state index in [2.05, 4.69) is 0 Å². The number of para-hydroxylation sites is 1. The second-order valence-corrected chi connectivity index (χ2v) is 6.21. The molecular formula is C20H21NO5. The molecule has 1 saturated heterocycles. The van der Waals surface area contributed by atoms with Gasteiger partial charge in [0.05, 0.1) is 25.7 Å². The Morgan fingerprint density at radius 1 is 1.00 bits per heavy atom. The Labute approximate surface area is 152 Å². The molecule has 0 unspecified atom stereocenters. The van der Waals surface area contributed by atoms with E-state index in [0.29, 0.717) is 23.6 Å². The summed E-state index contributed by atoms with van der Waals surface area (Å²) in [7, 11) is 2.99. The smallest absolute Gasteiger partial charge is 0.308 e. The topological polar surface area (TPSA) is 76.1 Å². The lowest BCUT2D eigenvalue weighted by atomic mass is 9.89. The molecule has 0 radical (unpaired) electrons. The highest BCUT2D eigenvalue weighted by Crippen LogP contribution is 2.36. The monoisotopic (exact) mass is 355 g/mol. The largest absolute Gasteiger partial charge is 0.493 e. The summed E-state index contributed by atoms with van der Waals surface area (Å²) >= 11 is 0. The molecule has 6 nitrogen and oxygen atoms in total. The van der Waals surface area contributed by atoms with Gasteiger partial charge in [-0.05, 0) is 17.7 Å². The van der Waals surface area contributed by atoms with Crippen LogP contribution in [0.1, 0.15) is 21.8 Å². The normalized spacial score (nSPS) is 19.2. The minimum atomic E-state index is -0.897. The molecule has 1 fully saturated rings. The molecular weight excluding hydrogens is 334 g/mol. The molecule has 0 saturated carbocycles. The van der Waals surface area contributed by atoms with E-state index in [1.54, 1.807) is 23.1 Å². The van der Waals surface area contributed by atoms with Crippen LogP contribution >= 0.6 is 0 Å². The van der Waals surface area contributed by atoms with Gasteiger partial charge in [-0.3, -0.25) is 9.59 Å². The SMILES string of the molecule is COc1cccc(C(=O)N2C[C@H](C(=O)O)[C@H](c3ccccc3)C2)c1OC. The molecule has 136 valence electrons. The van der Waals surface area contributed by atoms with Crippen molar-refractivity contribution < 1.29 is 24.2 Å². The molecule has 0 bridgehead atoms. The average molecular weight is 355 g/mol. The summed E-state index contributed by atoms with van der Waals surface area (Å²) in [4.78, 5) is 26.3. The molecule has 1 aliphatic heterocycles. The van der Waals surface area contributed by atoms with Gasteiger partial charge < -0.3 is 19.5 Å². The number of methoxy groups -OCH3 is 2. The van der Waals surface area contributed by atoms with E-state index < -0.39 is 11.9 Å². The molecule has 1 aliphatic rings. The number of benzene rings is 2. The van der Waals surface area contributed by atoms with E-state index in [4.69, 9.17) is 9.47 Å². The Morgan fingerprint density at radius 2 is 1.73 bits per heavy atom. The lowest BCUT2D eigenvalue weighted by Crippen LogP contribution is -2.30. The highest BCUT2D eigenvalue weighted by molar-refractivity contribution is 5.98. The van der Waals surface area contributed by atoms with Crippen molar-refractivity contribution >= 4 is 11.9 Å². The van der Waals surface area contributed by atoms with E-state index >= 15 is 0 Å². The zero-order valence-electron chi connectivity index (χ0n) is 14.7. The minimum absolute atomic E-state index is 0.161. The van der Waals surface area contributed by atoms with Crippen molar-refractivity contribution in [2.75, 3.05) is 27.3 Å². The Hall–Kier alpha value is -3.02. The standard InChI is InChI=1S/C20H21NO5/c1-25-17-10-6-9-14(18(17)26-2)19(22)21-11-15(16(12-21)20(23)24)13-7-4-3-5-8-13/h3-10,15-16H,11-12H2,1-2H3,(H,23,24)/t15-,16-/m0/s1. The van der Waals surface area contributed by atoms with Crippen LogP contribution in [0.4, 0.5) is 0 Å². The van der Waals surface area contributed by atoms with Crippen LogP contribution in [0.5, 0.6) is 11.5 Å². The van der Waals surface area contributed by atoms with E-state index in [-0.39, 0.29) is 18.4 Å². The summed E-state index contributed by atoms with van der Waals surface area (Å²) in [5.41, 5.74) is 1.29. The first-order valence-electron chi connectivity index (χ1n) is 8.34. The van der Waals surface area contributed by atoms with Crippen molar-refractivity contribution in [1.82, 2.24) is 4.90 Å². The molecule has 1 N–H and O–H groups in total. The fourth-order valence-corrected chi connectivity index (χ4v) is 3.48. The molecule has 2 aromatic rings. The van der Waals surface area contributed by atoms with Crippen molar-refractivity contribution in [3.05, 3.63) is 59.7 Å². The quantitative estimate of drug-likeness (QED) is 0.892. The van der Waals surface area contributed by atoms with Crippen molar-refractivity contribution in [3.8, 4) is 11.5 Å². The molecule has 6 heteroatoms. The highest BCUT2D eigenvalue weighted by Gasteiger charge is 2.41. The number of aliphatic carboxylic acids is 1. The van der Waals surface area contributed by atoms with Gasteiger partial charge in [0.25, 0.3) is 5.91 Å². The zero-order chi connectivity index (χ0) is 18.7.